The van der Waals surface area contributed by atoms with Crippen molar-refractivity contribution >= 4 is 53.7 Å². The van der Waals surface area contributed by atoms with Crippen LogP contribution in [-0.4, -0.2) is 71.8 Å². The van der Waals surface area contributed by atoms with Gasteiger partial charge >= 0.3 is 0 Å². The number of aryl methyl sites for hydroxylation is 1. The first kappa shape index (κ1) is 26.1. The van der Waals surface area contributed by atoms with Crippen LogP contribution in [0.25, 0.3) is 16.2 Å². The van der Waals surface area contributed by atoms with Gasteiger partial charge in [-0.2, -0.15) is 9.78 Å². The summed E-state index contributed by atoms with van der Waals surface area (Å²) in [4.78, 5) is 15.0. The number of thiazole rings is 1. The Balaban J connectivity index is 1.26. The maximum atomic E-state index is 13.5. The van der Waals surface area contributed by atoms with Crippen LogP contribution in [0.3, 0.4) is 0 Å². The lowest BCUT2D eigenvalue weighted by Gasteiger charge is -2.52. The lowest BCUT2D eigenvalue weighted by Crippen LogP contribution is -2.61. The Hall–Kier alpha value is -3.12. The zero-order chi connectivity index (χ0) is 27.5. The molecule has 6 rings (SSSR count). The van der Waals surface area contributed by atoms with Crippen molar-refractivity contribution in [2.24, 2.45) is 5.41 Å². The van der Waals surface area contributed by atoms with Crippen LogP contribution in [0.5, 0.6) is 0 Å². The predicted molar refractivity (Wildman–Crippen MR) is 151 cm³/mol. The molecule has 14 heteroatoms. The van der Waals surface area contributed by atoms with Crippen molar-refractivity contribution in [2.75, 3.05) is 49.3 Å². The van der Waals surface area contributed by atoms with Gasteiger partial charge in [0.25, 0.3) is 0 Å². The van der Waals surface area contributed by atoms with Gasteiger partial charge in [0.15, 0.2) is 10.9 Å². The number of hydrogen-bond donors (Lipinski definition) is 0. The fraction of sp³-hybridized carbons (Fsp3) is 0.440. The SMILES string of the molecule is CCc1nc2sc(N3CCC4(CC3)CN(S(C)(=O)=O)C4)nn2c1N(C)c1nc(-c2ccc(F)cc2)c(C#N)s1. The lowest BCUT2D eigenvalue weighted by molar-refractivity contribution is 0.0442. The van der Waals surface area contributed by atoms with Crippen molar-refractivity contribution in [3.63, 3.8) is 0 Å². The zero-order valence-electron chi connectivity index (χ0n) is 21.8. The first-order valence-corrected chi connectivity index (χ1v) is 16.1. The van der Waals surface area contributed by atoms with E-state index >= 15 is 0 Å². The van der Waals surface area contributed by atoms with Gasteiger partial charge in [0.1, 0.15) is 22.5 Å². The second-order valence-corrected chi connectivity index (χ2v) is 14.1. The Morgan fingerprint density at radius 1 is 1.15 bits per heavy atom. The Morgan fingerprint density at radius 3 is 2.46 bits per heavy atom. The molecule has 2 saturated heterocycles. The van der Waals surface area contributed by atoms with Gasteiger partial charge in [-0.25, -0.2) is 27.1 Å². The third kappa shape index (κ3) is 4.57. The topological polar surface area (TPSA) is 111 Å². The summed E-state index contributed by atoms with van der Waals surface area (Å²) in [7, 11) is -1.23. The molecule has 2 fully saturated rings. The second-order valence-electron chi connectivity index (χ2n) is 10.2. The summed E-state index contributed by atoms with van der Waals surface area (Å²) in [5.74, 6) is 0.459. The average molecular weight is 587 g/mol. The summed E-state index contributed by atoms with van der Waals surface area (Å²) in [6.07, 6.45) is 3.83. The van der Waals surface area contributed by atoms with Crippen LogP contribution in [0.15, 0.2) is 24.3 Å². The molecule has 0 unspecified atom stereocenters. The Labute approximate surface area is 234 Å². The van der Waals surface area contributed by atoms with Gasteiger partial charge in [-0.3, -0.25) is 0 Å². The number of nitriles is 1. The van der Waals surface area contributed by atoms with Crippen molar-refractivity contribution in [1.82, 2.24) is 23.9 Å². The fourth-order valence-electron chi connectivity index (χ4n) is 5.32. The van der Waals surface area contributed by atoms with Crippen molar-refractivity contribution in [1.29, 1.82) is 5.26 Å². The molecule has 0 aliphatic carbocycles. The number of rotatable bonds is 6. The highest BCUT2D eigenvalue weighted by molar-refractivity contribution is 7.88. The first-order valence-electron chi connectivity index (χ1n) is 12.6. The molecular weight excluding hydrogens is 560 g/mol. The van der Waals surface area contributed by atoms with Crippen LogP contribution in [0.2, 0.25) is 0 Å². The molecular formula is C25H27FN8O2S3. The maximum Gasteiger partial charge on any atom is 0.216 e. The van der Waals surface area contributed by atoms with Gasteiger partial charge in [0.05, 0.1) is 11.9 Å². The minimum atomic E-state index is -3.12. The third-order valence-corrected chi connectivity index (χ3v) is 10.8. The molecule has 1 spiro atoms. The second kappa shape index (κ2) is 9.51. The molecule has 1 aromatic carbocycles. The van der Waals surface area contributed by atoms with E-state index in [0.29, 0.717) is 40.8 Å². The van der Waals surface area contributed by atoms with Crippen LogP contribution in [-0.2, 0) is 16.4 Å². The monoisotopic (exact) mass is 586 g/mol. The number of hydrogen-bond acceptors (Lipinski definition) is 10. The van der Waals surface area contributed by atoms with E-state index < -0.39 is 10.0 Å². The number of fused-ring (bicyclic) bond motifs is 1. The van der Waals surface area contributed by atoms with E-state index in [1.807, 2.05) is 23.4 Å². The summed E-state index contributed by atoms with van der Waals surface area (Å²) in [6.45, 7) is 4.89. The third-order valence-electron chi connectivity index (χ3n) is 7.60. The van der Waals surface area contributed by atoms with Crippen LogP contribution in [0, 0.1) is 22.6 Å². The standard InChI is InChI=1S/C25H27FN8O2S3/c1-4-18-21(31(2)22-29-20(19(13-27)37-22)16-5-7-17(26)8-6-16)34-23(28-18)38-24(30-34)32-11-9-25(10-12-32)14-33(15-25)39(3,35)36/h5-8H,4,9-12,14-15H2,1-3H3. The van der Waals surface area contributed by atoms with Crippen molar-refractivity contribution in [3.8, 4) is 17.3 Å². The minimum Gasteiger partial charge on any atom is -0.347 e. The largest absolute Gasteiger partial charge is 0.347 e. The maximum absolute atomic E-state index is 13.5. The number of anilines is 3. The van der Waals surface area contributed by atoms with Crippen LogP contribution in [0.1, 0.15) is 30.3 Å². The quantitative estimate of drug-likeness (QED) is 0.332. The van der Waals surface area contributed by atoms with E-state index in [-0.39, 0.29) is 11.2 Å². The fourth-order valence-corrected chi connectivity index (χ4v) is 8.15. The summed E-state index contributed by atoms with van der Waals surface area (Å²) >= 11 is 2.81. The molecule has 0 amide bonds. The number of imidazole rings is 1. The molecule has 0 N–H and O–H groups in total. The Bertz CT molecular complexity index is 1690. The molecule has 4 aromatic rings. The normalized spacial score (nSPS) is 17.5. The van der Waals surface area contributed by atoms with E-state index in [2.05, 4.69) is 11.0 Å². The predicted octanol–water partition coefficient (Wildman–Crippen LogP) is 4.12. The molecule has 0 saturated carbocycles. The van der Waals surface area contributed by atoms with Gasteiger partial charge in [0, 0.05) is 44.2 Å². The van der Waals surface area contributed by atoms with Crippen molar-refractivity contribution < 1.29 is 12.8 Å². The highest BCUT2D eigenvalue weighted by Crippen LogP contribution is 2.43. The van der Waals surface area contributed by atoms with E-state index in [4.69, 9.17) is 15.1 Å². The number of piperidine rings is 1. The molecule has 2 aliphatic rings. The van der Waals surface area contributed by atoms with E-state index in [1.165, 1.54) is 41.1 Å². The Morgan fingerprint density at radius 2 is 1.85 bits per heavy atom. The van der Waals surface area contributed by atoms with Crippen LogP contribution < -0.4 is 9.80 Å². The highest BCUT2D eigenvalue weighted by atomic mass is 32.2. The summed E-state index contributed by atoms with van der Waals surface area (Å²) in [6, 6.07) is 8.20. The summed E-state index contributed by atoms with van der Waals surface area (Å²) < 4.78 is 40.5. The number of nitrogens with zero attached hydrogens (tertiary/aromatic N) is 8. The number of aromatic nitrogens is 4. The van der Waals surface area contributed by atoms with E-state index in [1.54, 1.807) is 16.4 Å². The highest BCUT2D eigenvalue weighted by Gasteiger charge is 2.48. The van der Waals surface area contributed by atoms with Gasteiger partial charge < -0.3 is 9.80 Å². The van der Waals surface area contributed by atoms with Crippen LogP contribution in [0.4, 0.5) is 20.5 Å². The van der Waals surface area contributed by atoms with E-state index in [0.717, 1.165) is 47.5 Å². The smallest absolute Gasteiger partial charge is 0.216 e. The average Bonchev–Trinajstić information content (AvgIpc) is 3.59. The van der Waals surface area contributed by atoms with Gasteiger partial charge in [-0.15, -0.1) is 5.10 Å². The van der Waals surface area contributed by atoms with Crippen molar-refractivity contribution in [3.05, 3.63) is 40.7 Å². The minimum absolute atomic E-state index is 0.0727. The molecule has 0 radical (unpaired) electrons. The molecule has 0 bridgehead atoms. The molecule has 5 heterocycles. The number of halogens is 1. The van der Waals surface area contributed by atoms with Crippen LogP contribution >= 0.6 is 22.7 Å². The lowest BCUT2D eigenvalue weighted by atomic mass is 9.73. The molecule has 10 nitrogen and oxygen atoms in total. The van der Waals surface area contributed by atoms with Gasteiger partial charge in [-0.1, -0.05) is 29.6 Å². The molecule has 39 heavy (non-hydrogen) atoms. The molecule has 204 valence electrons. The molecule has 0 atom stereocenters. The molecule has 2 aliphatic heterocycles. The first-order chi connectivity index (χ1) is 18.6. The number of sulfonamides is 1. The molecule has 3 aromatic heterocycles. The summed E-state index contributed by atoms with van der Waals surface area (Å²) in [5.41, 5.74) is 2.16. The van der Waals surface area contributed by atoms with E-state index in [9.17, 15) is 18.1 Å². The van der Waals surface area contributed by atoms with Gasteiger partial charge in [0.2, 0.25) is 20.1 Å². The Kier molecular flexibility index (Phi) is 6.37. The summed E-state index contributed by atoms with van der Waals surface area (Å²) in [5, 5.41) is 16.2. The zero-order valence-corrected chi connectivity index (χ0v) is 24.2. The van der Waals surface area contributed by atoms with Crippen molar-refractivity contribution in [2.45, 2.75) is 26.2 Å². The number of benzene rings is 1. The van der Waals surface area contributed by atoms with Gasteiger partial charge in [-0.05, 0) is 43.5 Å².